The van der Waals surface area contributed by atoms with Gasteiger partial charge >= 0.3 is 5.97 Å². The van der Waals surface area contributed by atoms with Crippen LogP contribution in [0.4, 0.5) is 0 Å². The number of hydrogen-bond donors (Lipinski definition) is 1. The first kappa shape index (κ1) is 16.2. The highest BCUT2D eigenvalue weighted by molar-refractivity contribution is 7.99. The van der Waals surface area contributed by atoms with Gasteiger partial charge in [0.05, 0.1) is 5.75 Å². The third kappa shape index (κ3) is 4.61. The number of carboxylic acid groups (broad SMARTS) is 1. The van der Waals surface area contributed by atoms with E-state index < -0.39 is 16.8 Å². The van der Waals surface area contributed by atoms with Gasteiger partial charge in [0.15, 0.2) is 5.16 Å². The van der Waals surface area contributed by atoms with E-state index in [1.54, 1.807) is 6.26 Å². The van der Waals surface area contributed by atoms with Crippen molar-refractivity contribution in [1.29, 1.82) is 0 Å². The molecule has 0 saturated carbocycles. The third-order valence-corrected chi connectivity index (χ3v) is 4.33. The lowest BCUT2D eigenvalue weighted by molar-refractivity contribution is -0.133. The molecule has 0 aliphatic heterocycles. The summed E-state index contributed by atoms with van der Waals surface area (Å²) < 4.78 is 13.3. The zero-order chi connectivity index (χ0) is 14.6. The molecule has 1 N–H and O–H groups in total. The van der Waals surface area contributed by atoms with Crippen LogP contribution in [0, 0.1) is 0 Å². The van der Waals surface area contributed by atoms with Crippen molar-refractivity contribution in [1.82, 2.24) is 14.8 Å². The zero-order valence-electron chi connectivity index (χ0n) is 11.5. The summed E-state index contributed by atoms with van der Waals surface area (Å²) in [4.78, 5) is 10.6. The van der Waals surface area contributed by atoms with Gasteiger partial charge < -0.3 is 9.67 Å². The number of rotatable bonds is 7. The Morgan fingerprint density at radius 3 is 2.53 bits per heavy atom. The number of thioether (sulfide) groups is 1. The number of aromatic nitrogens is 3. The molecule has 0 aliphatic rings. The lowest BCUT2D eigenvalue weighted by atomic mass is 10.2. The molecule has 6 nitrogen and oxygen atoms in total. The summed E-state index contributed by atoms with van der Waals surface area (Å²) in [6.45, 7) is 5.95. The van der Waals surface area contributed by atoms with E-state index in [0.717, 1.165) is 17.6 Å². The molecular formula is C11H19N3O3S2. The van der Waals surface area contributed by atoms with Gasteiger partial charge in [-0.15, -0.1) is 10.2 Å². The lowest BCUT2D eigenvalue weighted by Gasteiger charge is -2.18. The van der Waals surface area contributed by atoms with Crippen LogP contribution in [0.25, 0.3) is 0 Å². The van der Waals surface area contributed by atoms with Crippen LogP contribution in [0.5, 0.6) is 0 Å². The maximum atomic E-state index is 11.4. The number of aliphatic carboxylic acids is 1. The lowest BCUT2D eigenvalue weighted by Crippen LogP contribution is -2.17. The van der Waals surface area contributed by atoms with E-state index in [1.165, 1.54) is 0 Å². The summed E-state index contributed by atoms with van der Waals surface area (Å²) in [7, 11) is -0.925. The molecule has 2 atom stereocenters. The van der Waals surface area contributed by atoms with Crippen LogP contribution in [0.1, 0.15) is 38.6 Å². The topological polar surface area (TPSA) is 85.1 Å². The zero-order valence-corrected chi connectivity index (χ0v) is 13.1. The smallest absolute Gasteiger partial charge is 0.313 e. The molecule has 19 heavy (non-hydrogen) atoms. The maximum absolute atomic E-state index is 11.4. The average molecular weight is 305 g/mol. The quantitative estimate of drug-likeness (QED) is 0.769. The van der Waals surface area contributed by atoms with Gasteiger partial charge in [-0.1, -0.05) is 25.6 Å². The van der Waals surface area contributed by atoms with Crippen LogP contribution < -0.4 is 0 Å². The Bertz CT molecular complexity index is 474. The van der Waals surface area contributed by atoms with Crippen LogP contribution >= 0.6 is 11.8 Å². The van der Waals surface area contributed by atoms with E-state index in [0.29, 0.717) is 10.9 Å². The molecule has 0 bridgehead atoms. The Kier molecular flexibility index (Phi) is 5.99. The summed E-state index contributed by atoms with van der Waals surface area (Å²) >= 11 is 1.14. The van der Waals surface area contributed by atoms with Gasteiger partial charge in [-0.05, 0) is 6.92 Å². The van der Waals surface area contributed by atoms with Crippen molar-refractivity contribution >= 4 is 28.5 Å². The fourth-order valence-electron chi connectivity index (χ4n) is 1.74. The van der Waals surface area contributed by atoms with Gasteiger partial charge in [0.25, 0.3) is 0 Å². The molecule has 0 amide bonds. The van der Waals surface area contributed by atoms with Gasteiger partial charge in [0, 0.05) is 34.8 Å². The average Bonchev–Trinajstić information content (AvgIpc) is 2.68. The normalized spacial score (nSPS) is 14.6. The summed E-state index contributed by atoms with van der Waals surface area (Å²) in [5, 5.41) is 17.5. The van der Waals surface area contributed by atoms with E-state index in [4.69, 9.17) is 5.11 Å². The van der Waals surface area contributed by atoms with Crippen molar-refractivity contribution in [3.63, 3.8) is 0 Å². The largest absolute Gasteiger partial charge is 0.481 e. The number of hydrogen-bond acceptors (Lipinski definition) is 5. The second kappa shape index (κ2) is 7.04. The first-order valence-electron chi connectivity index (χ1n) is 5.92. The minimum Gasteiger partial charge on any atom is -0.481 e. The molecule has 0 saturated heterocycles. The highest BCUT2D eigenvalue weighted by Gasteiger charge is 2.21. The summed E-state index contributed by atoms with van der Waals surface area (Å²) in [5.41, 5.74) is 0. The van der Waals surface area contributed by atoms with Gasteiger partial charge in [0.2, 0.25) is 0 Å². The van der Waals surface area contributed by atoms with Crippen molar-refractivity contribution in [3.05, 3.63) is 5.82 Å². The van der Waals surface area contributed by atoms with Crippen LogP contribution in [0.15, 0.2) is 5.16 Å². The van der Waals surface area contributed by atoms with Gasteiger partial charge in [-0.2, -0.15) is 0 Å². The predicted molar refractivity (Wildman–Crippen MR) is 76.1 cm³/mol. The van der Waals surface area contributed by atoms with E-state index in [9.17, 15) is 9.00 Å². The molecule has 8 heteroatoms. The molecule has 1 aromatic heterocycles. The molecular weight excluding hydrogens is 286 g/mol. The molecule has 0 aliphatic carbocycles. The van der Waals surface area contributed by atoms with Crippen molar-refractivity contribution in [2.45, 2.75) is 37.9 Å². The van der Waals surface area contributed by atoms with Crippen molar-refractivity contribution in [2.24, 2.45) is 0 Å². The van der Waals surface area contributed by atoms with Crippen LogP contribution in [-0.4, -0.2) is 47.8 Å². The van der Waals surface area contributed by atoms with Crippen LogP contribution in [-0.2, 0) is 15.6 Å². The first-order chi connectivity index (χ1) is 8.82. The van der Waals surface area contributed by atoms with E-state index >= 15 is 0 Å². The summed E-state index contributed by atoms with van der Waals surface area (Å²) in [5.74, 6) is 0.527. The van der Waals surface area contributed by atoms with E-state index in [1.807, 2.05) is 25.3 Å². The Morgan fingerprint density at radius 1 is 1.42 bits per heavy atom. The van der Waals surface area contributed by atoms with Crippen molar-refractivity contribution in [3.8, 4) is 0 Å². The van der Waals surface area contributed by atoms with E-state index in [-0.39, 0.29) is 17.7 Å². The maximum Gasteiger partial charge on any atom is 0.313 e. The van der Waals surface area contributed by atoms with Crippen LogP contribution in [0.3, 0.4) is 0 Å². The third-order valence-electron chi connectivity index (χ3n) is 2.45. The number of carboxylic acids is 1. The molecule has 2 unspecified atom stereocenters. The monoisotopic (exact) mass is 305 g/mol. The summed E-state index contributed by atoms with van der Waals surface area (Å²) in [6.07, 6.45) is 1.65. The molecule has 0 radical (unpaired) electrons. The summed E-state index contributed by atoms with van der Waals surface area (Å²) in [6, 6.07) is -0.0190. The molecule has 108 valence electrons. The second-order valence-corrected chi connectivity index (χ2v) is 7.06. The highest BCUT2D eigenvalue weighted by Crippen LogP contribution is 2.25. The van der Waals surface area contributed by atoms with Gasteiger partial charge in [-0.3, -0.25) is 9.00 Å². The molecule has 0 fully saturated rings. The minimum absolute atomic E-state index is 0.0190. The van der Waals surface area contributed by atoms with Crippen LogP contribution in [0.2, 0.25) is 0 Å². The van der Waals surface area contributed by atoms with Gasteiger partial charge in [0.1, 0.15) is 5.82 Å². The molecule has 0 aromatic carbocycles. The number of nitrogens with zero attached hydrogens (tertiary/aromatic N) is 3. The van der Waals surface area contributed by atoms with Crippen molar-refractivity contribution < 1.29 is 14.1 Å². The molecule has 0 spiro atoms. The predicted octanol–water partition coefficient (Wildman–Crippen LogP) is 1.52. The minimum atomic E-state index is -0.925. The Labute approximate surface area is 119 Å². The SMILES string of the molecule is CC(C)c1nnc(SCC(=O)O)n1C(C)CS(C)=O. The number of carbonyl (C=O) groups is 1. The fraction of sp³-hybridized carbons (Fsp3) is 0.727. The highest BCUT2D eigenvalue weighted by atomic mass is 32.2. The fourth-order valence-corrected chi connectivity index (χ4v) is 3.33. The second-order valence-electron chi connectivity index (χ2n) is 4.64. The van der Waals surface area contributed by atoms with E-state index in [2.05, 4.69) is 10.2 Å². The standard InChI is InChI=1S/C11H19N3O3S2/c1-7(2)10-12-13-11(18-5-9(15)16)14(10)8(3)6-19(4)17/h7-8H,5-6H2,1-4H3,(H,15,16). The van der Waals surface area contributed by atoms with Crippen molar-refractivity contribution in [2.75, 3.05) is 17.8 Å². The Morgan fingerprint density at radius 2 is 2.05 bits per heavy atom. The molecule has 1 aromatic rings. The Balaban J connectivity index is 3.03. The Hall–Kier alpha value is -0.890. The molecule has 1 heterocycles. The van der Waals surface area contributed by atoms with Gasteiger partial charge in [-0.25, -0.2) is 0 Å². The molecule has 1 rings (SSSR count). The first-order valence-corrected chi connectivity index (χ1v) is 8.63.